The van der Waals surface area contributed by atoms with Gasteiger partial charge in [-0.05, 0) is 36.8 Å². The van der Waals surface area contributed by atoms with Crippen molar-refractivity contribution in [3.8, 4) is 22.7 Å². The SMILES string of the molecule is COc1ccc(-c2c(N)nc(N)nc2-n2c(C)nc3ccccc32)cc1Cl. The minimum atomic E-state index is 0.0861. The topological polar surface area (TPSA) is 105 Å². The molecule has 2 heterocycles. The minimum Gasteiger partial charge on any atom is -0.495 e. The molecule has 0 radical (unpaired) electrons. The van der Waals surface area contributed by atoms with Gasteiger partial charge in [0, 0.05) is 0 Å². The van der Waals surface area contributed by atoms with E-state index >= 15 is 0 Å². The fraction of sp³-hybridized carbons (Fsp3) is 0.105. The van der Waals surface area contributed by atoms with Crippen molar-refractivity contribution in [3.05, 3.63) is 53.3 Å². The third kappa shape index (κ3) is 2.82. The van der Waals surface area contributed by atoms with Gasteiger partial charge in [0.25, 0.3) is 0 Å². The molecule has 0 aliphatic carbocycles. The molecule has 2 aromatic carbocycles. The number of nitrogens with two attached hydrogens (primary N) is 2. The third-order valence-electron chi connectivity index (χ3n) is 4.32. The Morgan fingerprint density at radius 3 is 2.56 bits per heavy atom. The highest BCUT2D eigenvalue weighted by atomic mass is 35.5. The van der Waals surface area contributed by atoms with Crippen LogP contribution in [0.15, 0.2) is 42.5 Å². The summed E-state index contributed by atoms with van der Waals surface area (Å²) in [4.78, 5) is 13.2. The van der Waals surface area contributed by atoms with Crippen molar-refractivity contribution in [1.29, 1.82) is 0 Å². The number of aryl methyl sites for hydroxylation is 1. The number of hydrogen-bond acceptors (Lipinski definition) is 6. The lowest BCUT2D eigenvalue weighted by atomic mass is 10.1. The molecule has 0 atom stereocenters. The lowest BCUT2D eigenvalue weighted by molar-refractivity contribution is 0.415. The van der Waals surface area contributed by atoms with Crippen LogP contribution in [0.4, 0.5) is 11.8 Å². The Bertz CT molecular complexity index is 1170. The van der Waals surface area contributed by atoms with Crippen molar-refractivity contribution in [2.45, 2.75) is 6.92 Å². The summed E-state index contributed by atoms with van der Waals surface area (Å²) in [6, 6.07) is 13.2. The van der Waals surface area contributed by atoms with E-state index in [9.17, 15) is 0 Å². The number of benzene rings is 2. The zero-order valence-corrected chi connectivity index (χ0v) is 15.5. The van der Waals surface area contributed by atoms with Crippen LogP contribution in [0, 0.1) is 6.92 Å². The van der Waals surface area contributed by atoms with Gasteiger partial charge in [0.2, 0.25) is 5.95 Å². The first-order valence-corrected chi connectivity index (χ1v) is 8.58. The molecule has 4 N–H and O–H groups in total. The summed E-state index contributed by atoms with van der Waals surface area (Å²) in [6.07, 6.45) is 0. The van der Waals surface area contributed by atoms with Crippen molar-refractivity contribution in [3.63, 3.8) is 0 Å². The Hall–Kier alpha value is -3.32. The predicted molar refractivity (Wildman–Crippen MR) is 107 cm³/mol. The summed E-state index contributed by atoms with van der Waals surface area (Å²) in [7, 11) is 1.56. The number of nitrogen functional groups attached to an aromatic ring is 2. The first kappa shape index (κ1) is 17.1. The molecule has 0 aliphatic rings. The number of anilines is 2. The van der Waals surface area contributed by atoms with Crippen molar-refractivity contribution in [2.75, 3.05) is 18.6 Å². The Morgan fingerprint density at radius 2 is 1.81 bits per heavy atom. The number of fused-ring (bicyclic) bond motifs is 1. The number of para-hydroxylation sites is 2. The Labute approximate surface area is 160 Å². The fourth-order valence-corrected chi connectivity index (χ4v) is 3.42. The van der Waals surface area contributed by atoms with E-state index in [-0.39, 0.29) is 11.8 Å². The number of ether oxygens (including phenoxy) is 1. The van der Waals surface area contributed by atoms with Crippen LogP contribution < -0.4 is 16.2 Å². The van der Waals surface area contributed by atoms with Gasteiger partial charge in [0.1, 0.15) is 17.4 Å². The van der Waals surface area contributed by atoms with Crippen LogP contribution in [-0.2, 0) is 0 Å². The second-order valence-electron chi connectivity index (χ2n) is 6.00. The van der Waals surface area contributed by atoms with Gasteiger partial charge < -0.3 is 16.2 Å². The van der Waals surface area contributed by atoms with Gasteiger partial charge in [-0.15, -0.1) is 0 Å². The molecule has 0 amide bonds. The average molecular weight is 381 g/mol. The van der Waals surface area contributed by atoms with Crippen molar-refractivity contribution in [2.24, 2.45) is 0 Å². The monoisotopic (exact) mass is 380 g/mol. The van der Waals surface area contributed by atoms with E-state index in [1.54, 1.807) is 19.2 Å². The number of nitrogens with zero attached hydrogens (tertiary/aromatic N) is 4. The molecule has 0 saturated carbocycles. The number of imidazole rings is 1. The zero-order chi connectivity index (χ0) is 19.1. The van der Waals surface area contributed by atoms with Crippen LogP contribution in [-0.4, -0.2) is 26.6 Å². The molecule has 0 saturated heterocycles. The Balaban J connectivity index is 2.04. The molecule has 27 heavy (non-hydrogen) atoms. The molecule has 7 nitrogen and oxygen atoms in total. The summed E-state index contributed by atoms with van der Waals surface area (Å²) in [5.74, 6) is 2.22. The van der Waals surface area contributed by atoms with E-state index in [1.807, 2.05) is 41.8 Å². The van der Waals surface area contributed by atoms with Crippen molar-refractivity contribution < 1.29 is 4.74 Å². The molecule has 4 rings (SSSR count). The number of rotatable bonds is 3. The van der Waals surface area contributed by atoms with E-state index in [0.29, 0.717) is 22.2 Å². The van der Waals surface area contributed by atoms with Gasteiger partial charge in [-0.3, -0.25) is 4.57 Å². The predicted octanol–water partition coefficient (Wildman–Crippen LogP) is 3.62. The Morgan fingerprint density at radius 1 is 1.04 bits per heavy atom. The summed E-state index contributed by atoms with van der Waals surface area (Å²) in [5.41, 5.74) is 15.3. The molecule has 0 aliphatic heterocycles. The maximum Gasteiger partial charge on any atom is 0.224 e. The number of methoxy groups -OCH3 is 1. The van der Waals surface area contributed by atoms with Crippen LogP contribution in [0.3, 0.4) is 0 Å². The van der Waals surface area contributed by atoms with E-state index in [1.165, 1.54) is 0 Å². The van der Waals surface area contributed by atoms with E-state index < -0.39 is 0 Å². The van der Waals surface area contributed by atoms with Crippen LogP contribution in [0.1, 0.15) is 5.82 Å². The smallest absolute Gasteiger partial charge is 0.224 e. The number of aromatic nitrogens is 4. The summed E-state index contributed by atoms with van der Waals surface area (Å²) in [5, 5.41) is 0.462. The van der Waals surface area contributed by atoms with Crippen LogP contribution >= 0.6 is 11.6 Å². The van der Waals surface area contributed by atoms with Gasteiger partial charge >= 0.3 is 0 Å². The maximum absolute atomic E-state index is 6.32. The fourth-order valence-electron chi connectivity index (χ4n) is 3.16. The van der Waals surface area contributed by atoms with Gasteiger partial charge in [-0.25, -0.2) is 4.98 Å². The highest BCUT2D eigenvalue weighted by Crippen LogP contribution is 2.36. The number of hydrogen-bond donors (Lipinski definition) is 2. The van der Waals surface area contributed by atoms with Crippen molar-refractivity contribution in [1.82, 2.24) is 19.5 Å². The normalized spacial score (nSPS) is 11.1. The molecule has 0 spiro atoms. The highest BCUT2D eigenvalue weighted by molar-refractivity contribution is 6.32. The second kappa shape index (κ2) is 6.44. The zero-order valence-electron chi connectivity index (χ0n) is 14.8. The highest BCUT2D eigenvalue weighted by Gasteiger charge is 2.20. The first-order chi connectivity index (χ1) is 13.0. The molecule has 8 heteroatoms. The van der Waals surface area contributed by atoms with Crippen LogP contribution in [0.2, 0.25) is 5.02 Å². The first-order valence-electron chi connectivity index (χ1n) is 8.21. The largest absolute Gasteiger partial charge is 0.495 e. The molecule has 2 aromatic heterocycles. The molecular weight excluding hydrogens is 364 g/mol. The molecule has 136 valence electrons. The summed E-state index contributed by atoms with van der Waals surface area (Å²) in [6.45, 7) is 1.90. The third-order valence-corrected chi connectivity index (χ3v) is 4.61. The van der Waals surface area contributed by atoms with Crippen LogP contribution in [0.25, 0.3) is 28.0 Å². The molecule has 4 aromatic rings. The van der Waals surface area contributed by atoms with Crippen molar-refractivity contribution >= 4 is 34.4 Å². The van der Waals surface area contributed by atoms with Gasteiger partial charge in [-0.2, -0.15) is 9.97 Å². The summed E-state index contributed by atoms with van der Waals surface area (Å²) >= 11 is 6.32. The average Bonchev–Trinajstić information content (AvgIpc) is 2.96. The molecular formula is C19H17ClN6O. The lowest BCUT2D eigenvalue weighted by Crippen LogP contribution is -2.10. The molecule has 0 fully saturated rings. The number of halogens is 1. The van der Waals surface area contributed by atoms with E-state index in [4.69, 9.17) is 27.8 Å². The quantitative estimate of drug-likeness (QED) is 0.562. The van der Waals surface area contributed by atoms with E-state index in [2.05, 4.69) is 15.0 Å². The standard InChI is InChI=1S/C19H17ClN6O/c1-10-23-13-5-3-4-6-14(13)26(10)18-16(17(21)24-19(22)25-18)11-7-8-15(27-2)12(20)9-11/h3-9H,1-2H3,(H4,21,22,24,25). The van der Waals surface area contributed by atoms with Gasteiger partial charge in [0.15, 0.2) is 5.82 Å². The maximum atomic E-state index is 6.32. The molecule has 0 bridgehead atoms. The Kier molecular flexibility index (Phi) is 4.08. The summed E-state index contributed by atoms with van der Waals surface area (Å²) < 4.78 is 7.15. The van der Waals surface area contributed by atoms with Gasteiger partial charge in [0.05, 0.1) is 28.7 Å². The molecule has 0 unspecified atom stereocenters. The van der Waals surface area contributed by atoms with Gasteiger partial charge in [-0.1, -0.05) is 29.8 Å². The van der Waals surface area contributed by atoms with E-state index in [0.717, 1.165) is 22.4 Å². The van der Waals surface area contributed by atoms with Crippen LogP contribution in [0.5, 0.6) is 5.75 Å². The second-order valence-corrected chi connectivity index (χ2v) is 6.41. The lowest BCUT2D eigenvalue weighted by Gasteiger charge is -2.15. The minimum absolute atomic E-state index is 0.0861.